The maximum Gasteiger partial charge on any atom is 0.303 e. The molecule has 2 N–H and O–H groups in total. The minimum absolute atomic E-state index is 0.0969. The highest BCUT2D eigenvalue weighted by Gasteiger charge is 2.85. The molecule has 4 bridgehead atoms. The zero-order valence-electron chi connectivity index (χ0n) is 16.9. The highest BCUT2D eigenvalue weighted by molar-refractivity contribution is 5.86. The maximum absolute atomic E-state index is 13.5. The fourth-order valence-electron chi connectivity index (χ4n) is 8.24. The standard InChI is InChI=1S/C22H30O6/c1-11-13-8-14(24)15-20-7-5-6-19(3,4)16(20)18(28-12(2)23)22(26,27-10-20)21(15,9-13)17(11)25/h13,15-18,25-26H,1,5-10H2,2-4H3. The van der Waals surface area contributed by atoms with Gasteiger partial charge in [-0.1, -0.05) is 26.8 Å². The summed E-state index contributed by atoms with van der Waals surface area (Å²) in [6, 6.07) is 0. The zero-order valence-corrected chi connectivity index (χ0v) is 16.9. The molecule has 4 saturated carbocycles. The summed E-state index contributed by atoms with van der Waals surface area (Å²) < 4.78 is 11.9. The van der Waals surface area contributed by atoms with Gasteiger partial charge in [0.2, 0.25) is 5.79 Å². The average molecular weight is 390 g/mol. The van der Waals surface area contributed by atoms with E-state index in [0.29, 0.717) is 18.4 Å². The van der Waals surface area contributed by atoms with Gasteiger partial charge in [0.05, 0.1) is 18.1 Å². The number of Topliss-reactive ketones (excluding diaryl/α,β-unsaturated/α-hetero) is 1. The summed E-state index contributed by atoms with van der Waals surface area (Å²) in [6.07, 6.45) is 1.52. The Bertz CT molecular complexity index is 788. The highest BCUT2D eigenvalue weighted by atomic mass is 16.7. The van der Waals surface area contributed by atoms with Crippen molar-refractivity contribution < 1.29 is 29.3 Å². The summed E-state index contributed by atoms with van der Waals surface area (Å²) in [6.45, 7) is 9.91. The highest BCUT2D eigenvalue weighted by Crippen LogP contribution is 2.77. The van der Waals surface area contributed by atoms with E-state index in [9.17, 15) is 19.8 Å². The number of esters is 1. The lowest BCUT2D eigenvalue weighted by molar-refractivity contribution is -0.448. The number of aliphatic hydroxyl groups excluding tert-OH is 1. The zero-order chi connectivity index (χ0) is 20.3. The molecule has 0 amide bonds. The van der Waals surface area contributed by atoms with Crippen molar-refractivity contribution in [3.05, 3.63) is 12.2 Å². The van der Waals surface area contributed by atoms with Crippen LogP contribution >= 0.6 is 0 Å². The van der Waals surface area contributed by atoms with Gasteiger partial charge >= 0.3 is 5.97 Å². The van der Waals surface area contributed by atoms with Crippen molar-refractivity contribution in [2.45, 2.75) is 70.9 Å². The van der Waals surface area contributed by atoms with E-state index >= 15 is 0 Å². The van der Waals surface area contributed by atoms with Gasteiger partial charge in [0.15, 0.2) is 6.10 Å². The molecule has 2 heterocycles. The third-order valence-electron chi connectivity index (χ3n) is 8.94. The Morgan fingerprint density at radius 2 is 2.04 bits per heavy atom. The lowest BCUT2D eigenvalue weighted by atomic mass is 9.36. The molecule has 28 heavy (non-hydrogen) atoms. The summed E-state index contributed by atoms with van der Waals surface area (Å²) in [7, 11) is 0. The van der Waals surface area contributed by atoms with E-state index in [1.165, 1.54) is 6.92 Å². The number of hydrogen-bond acceptors (Lipinski definition) is 6. The second kappa shape index (κ2) is 5.27. The number of ether oxygens (including phenoxy) is 2. The predicted octanol–water partition coefficient (Wildman–Crippen LogP) is 1.98. The van der Waals surface area contributed by atoms with Gasteiger partial charge in [-0.05, 0) is 36.2 Å². The Labute approximate surface area is 165 Å². The molecule has 6 aliphatic rings. The number of fused-ring (bicyclic) bond motifs is 2. The molecule has 2 aliphatic heterocycles. The lowest BCUT2D eigenvalue weighted by Gasteiger charge is -2.73. The predicted molar refractivity (Wildman–Crippen MR) is 98.8 cm³/mol. The molecule has 0 aromatic heterocycles. The molecular formula is C22H30O6. The second-order valence-electron chi connectivity index (χ2n) is 10.6. The molecule has 8 unspecified atom stereocenters. The minimum atomic E-state index is -1.89. The maximum atomic E-state index is 13.5. The van der Waals surface area contributed by atoms with E-state index in [4.69, 9.17) is 9.47 Å². The largest absolute Gasteiger partial charge is 0.456 e. The summed E-state index contributed by atoms with van der Waals surface area (Å²) in [5, 5.41) is 23.3. The monoisotopic (exact) mass is 390 g/mol. The first kappa shape index (κ1) is 18.8. The van der Waals surface area contributed by atoms with Crippen LogP contribution in [0, 0.1) is 34.0 Å². The molecular weight excluding hydrogens is 360 g/mol. The molecule has 6 nitrogen and oxygen atoms in total. The lowest BCUT2D eigenvalue weighted by Crippen LogP contribution is -2.83. The SMILES string of the molecule is C=C1C2CC(=O)C3C45CCCC(C)(C)C4C(OC(C)=O)C(O)(OC5)C3(C2)C1O. The molecule has 154 valence electrons. The summed E-state index contributed by atoms with van der Waals surface area (Å²) in [4.78, 5) is 25.5. The number of ketones is 1. The van der Waals surface area contributed by atoms with Crippen LogP contribution in [-0.4, -0.2) is 46.6 Å². The van der Waals surface area contributed by atoms with Crippen LogP contribution in [-0.2, 0) is 19.1 Å². The van der Waals surface area contributed by atoms with Gasteiger partial charge in [0.1, 0.15) is 5.78 Å². The minimum Gasteiger partial charge on any atom is -0.456 e. The van der Waals surface area contributed by atoms with Crippen LogP contribution in [0.25, 0.3) is 0 Å². The smallest absolute Gasteiger partial charge is 0.303 e. The molecule has 6 rings (SSSR count). The molecule has 8 atom stereocenters. The molecule has 0 aromatic rings. The van der Waals surface area contributed by atoms with E-state index in [-0.39, 0.29) is 29.6 Å². The topological polar surface area (TPSA) is 93.1 Å². The second-order valence-corrected chi connectivity index (χ2v) is 10.6. The van der Waals surface area contributed by atoms with Crippen LogP contribution in [0.1, 0.15) is 52.9 Å². The van der Waals surface area contributed by atoms with Gasteiger partial charge in [-0.3, -0.25) is 9.59 Å². The normalized spacial score (nSPS) is 53.5. The van der Waals surface area contributed by atoms with Crippen LogP contribution in [0.4, 0.5) is 0 Å². The quantitative estimate of drug-likeness (QED) is 0.525. The molecule has 6 fully saturated rings. The van der Waals surface area contributed by atoms with Crippen molar-refractivity contribution in [3.8, 4) is 0 Å². The van der Waals surface area contributed by atoms with Crippen molar-refractivity contribution in [3.63, 3.8) is 0 Å². The van der Waals surface area contributed by atoms with Gasteiger partial charge < -0.3 is 19.7 Å². The average Bonchev–Trinajstić information content (AvgIpc) is 2.78. The molecule has 0 aromatic carbocycles. The van der Waals surface area contributed by atoms with Crippen LogP contribution in [0.3, 0.4) is 0 Å². The van der Waals surface area contributed by atoms with Gasteiger partial charge in [-0.15, -0.1) is 0 Å². The van der Waals surface area contributed by atoms with Crippen molar-refractivity contribution in [2.75, 3.05) is 6.61 Å². The van der Waals surface area contributed by atoms with Crippen molar-refractivity contribution >= 4 is 11.8 Å². The molecule has 6 heteroatoms. The van der Waals surface area contributed by atoms with Crippen molar-refractivity contribution in [2.24, 2.45) is 34.0 Å². The molecule has 2 spiro atoms. The Hall–Kier alpha value is -1.24. The number of aliphatic hydroxyl groups is 2. The number of carbonyl (C=O) groups excluding carboxylic acids is 2. The Balaban J connectivity index is 1.79. The fraction of sp³-hybridized carbons (Fsp3) is 0.818. The summed E-state index contributed by atoms with van der Waals surface area (Å²) in [5.74, 6) is -3.13. The van der Waals surface area contributed by atoms with E-state index in [0.717, 1.165) is 19.3 Å². The fourth-order valence-corrected chi connectivity index (χ4v) is 8.24. The van der Waals surface area contributed by atoms with Gasteiger partial charge in [-0.25, -0.2) is 0 Å². The third-order valence-corrected chi connectivity index (χ3v) is 8.94. The summed E-state index contributed by atoms with van der Waals surface area (Å²) in [5.41, 5.74) is -1.35. The van der Waals surface area contributed by atoms with Crippen LogP contribution in [0.2, 0.25) is 0 Å². The Kier molecular flexibility index (Phi) is 3.53. The first-order valence-corrected chi connectivity index (χ1v) is 10.4. The van der Waals surface area contributed by atoms with Crippen LogP contribution < -0.4 is 0 Å². The van der Waals surface area contributed by atoms with Gasteiger partial charge in [0.25, 0.3) is 0 Å². The molecule has 4 aliphatic carbocycles. The van der Waals surface area contributed by atoms with E-state index in [1.807, 2.05) is 0 Å². The Morgan fingerprint density at radius 1 is 1.32 bits per heavy atom. The van der Waals surface area contributed by atoms with Gasteiger partial charge in [-0.2, -0.15) is 0 Å². The van der Waals surface area contributed by atoms with Crippen molar-refractivity contribution in [1.29, 1.82) is 0 Å². The van der Waals surface area contributed by atoms with Gasteiger partial charge in [0, 0.05) is 30.6 Å². The molecule has 0 radical (unpaired) electrons. The van der Waals surface area contributed by atoms with Crippen LogP contribution in [0.15, 0.2) is 12.2 Å². The van der Waals surface area contributed by atoms with E-state index in [1.54, 1.807) is 0 Å². The van der Waals surface area contributed by atoms with Crippen molar-refractivity contribution in [1.82, 2.24) is 0 Å². The van der Waals surface area contributed by atoms with E-state index < -0.39 is 40.7 Å². The first-order chi connectivity index (χ1) is 13.0. The Morgan fingerprint density at radius 3 is 2.71 bits per heavy atom. The number of carbonyl (C=O) groups is 2. The summed E-state index contributed by atoms with van der Waals surface area (Å²) >= 11 is 0. The van der Waals surface area contributed by atoms with E-state index in [2.05, 4.69) is 20.4 Å². The molecule has 2 saturated heterocycles. The number of rotatable bonds is 1. The third kappa shape index (κ3) is 1.81. The van der Waals surface area contributed by atoms with Crippen LogP contribution in [0.5, 0.6) is 0 Å². The first-order valence-electron chi connectivity index (χ1n) is 10.4. The number of hydrogen-bond donors (Lipinski definition) is 2.